The van der Waals surface area contributed by atoms with Gasteiger partial charge in [-0.15, -0.1) is 0 Å². The molecule has 0 aromatic heterocycles. The zero-order chi connectivity index (χ0) is 14.7. The molecular formula is C13H18N4O3. The van der Waals surface area contributed by atoms with E-state index in [4.69, 9.17) is 5.73 Å². The van der Waals surface area contributed by atoms with Crippen molar-refractivity contribution < 1.29 is 9.72 Å². The average molecular weight is 278 g/mol. The lowest BCUT2D eigenvalue weighted by molar-refractivity contribution is -0.385. The molecule has 0 aliphatic carbocycles. The van der Waals surface area contributed by atoms with Crippen LogP contribution in [0.4, 0.5) is 11.4 Å². The van der Waals surface area contributed by atoms with Gasteiger partial charge in [0.15, 0.2) is 0 Å². The minimum atomic E-state index is -0.566. The third kappa shape index (κ3) is 3.24. The van der Waals surface area contributed by atoms with Crippen LogP contribution in [0.25, 0.3) is 0 Å². The predicted molar refractivity (Wildman–Crippen MR) is 75.5 cm³/mol. The summed E-state index contributed by atoms with van der Waals surface area (Å²) in [6, 6.07) is 4.09. The van der Waals surface area contributed by atoms with Gasteiger partial charge in [-0.2, -0.15) is 0 Å². The Morgan fingerprint density at radius 1 is 1.45 bits per heavy atom. The van der Waals surface area contributed by atoms with E-state index in [0.717, 1.165) is 25.9 Å². The second-order valence-corrected chi connectivity index (χ2v) is 5.08. The predicted octanol–water partition coefficient (Wildman–Crippen LogP) is 1.00. The van der Waals surface area contributed by atoms with E-state index in [0.29, 0.717) is 5.69 Å². The van der Waals surface area contributed by atoms with Gasteiger partial charge in [0.05, 0.1) is 4.92 Å². The van der Waals surface area contributed by atoms with Crippen molar-refractivity contribution in [3.63, 3.8) is 0 Å². The number of carbonyl (C=O) groups excluding carboxylic acids is 1. The van der Waals surface area contributed by atoms with Gasteiger partial charge in [-0.3, -0.25) is 14.9 Å². The maximum absolute atomic E-state index is 12.2. The molecule has 0 unspecified atom stereocenters. The van der Waals surface area contributed by atoms with Crippen LogP contribution >= 0.6 is 0 Å². The van der Waals surface area contributed by atoms with Crippen LogP contribution in [-0.2, 0) is 0 Å². The van der Waals surface area contributed by atoms with E-state index in [1.54, 1.807) is 0 Å². The number of nitrogens with zero attached hydrogens (tertiary/aromatic N) is 2. The Balaban J connectivity index is 2.12. The van der Waals surface area contributed by atoms with Crippen molar-refractivity contribution in [3.8, 4) is 0 Å². The SMILES string of the molecule is CN1CCC(NC(=O)c2cc(N)ccc2[N+](=O)[O-])CC1. The van der Waals surface area contributed by atoms with Gasteiger partial charge < -0.3 is 16.0 Å². The minimum Gasteiger partial charge on any atom is -0.399 e. The van der Waals surface area contributed by atoms with E-state index in [1.165, 1.54) is 18.2 Å². The number of carbonyl (C=O) groups is 1. The number of nitrogens with two attached hydrogens (primary N) is 1. The Labute approximate surface area is 116 Å². The molecule has 1 amide bonds. The first-order valence-electron chi connectivity index (χ1n) is 6.50. The maximum Gasteiger partial charge on any atom is 0.282 e. The highest BCUT2D eigenvalue weighted by molar-refractivity contribution is 5.99. The Hall–Kier alpha value is -2.15. The van der Waals surface area contributed by atoms with Gasteiger partial charge in [-0.1, -0.05) is 0 Å². The number of piperidine rings is 1. The molecule has 1 aliphatic heterocycles. The molecule has 3 N–H and O–H groups in total. The molecule has 7 heteroatoms. The molecule has 0 bridgehead atoms. The molecule has 0 saturated carbocycles. The molecule has 1 fully saturated rings. The van der Waals surface area contributed by atoms with Gasteiger partial charge in [0.2, 0.25) is 0 Å². The molecule has 7 nitrogen and oxygen atoms in total. The smallest absolute Gasteiger partial charge is 0.282 e. The standard InChI is InChI=1S/C13H18N4O3/c1-16-6-4-10(5-7-16)15-13(18)11-8-9(14)2-3-12(11)17(19)20/h2-3,8,10H,4-7,14H2,1H3,(H,15,18). The molecule has 2 rings (SSSR count). The first-order chi connectivity index (χ1) is 9.47. The zero-order valence-corrected chi connectivity index (χ0v) is 11.3. The molecular weight excluding hydrogens is 260 g/mol. The fourth-order valence-electron chi connectivity index (χ4n) is 2.31. The second-order valence-electron chi connectivity index (χ2n) is 5.08. The summed E-state index contributed by atoms with van der Waals surface area (Å²) in [4.78, 5) is 24.8. The lowest BCUT2D eigenvalue weighted by Gasteiger charge is -2.29. The number of benzene rings is 1. The van der Waals surface area contributed by atoms with Gasteiger partial charge in [-0.05, 0) is 45.1 Å². The topological polar surface area (TPSA) is 102 Å². The van der Waals surface area contributed by atoms with Crippen molar-refractivity contribution in [1.29, 1.82) is 0 Å². The quantitative estimate of drug-likeness (QED) is 0.488. The lowest BCUT2D eigenvalue weighted by atomic mass is 10.0. The van der Waals surface area contributed by atoms with Crippen LogP contribution in [-0.4, -0.2) is 41.9 Å². The Kier molecular flexibility index (Phi) is 4.19. The normalized spacial score (nSPS) is 16.9. The number of nitrogen functional groups attached to an aromatic ring is 1. The summed E-state index contributed by atoms with van der Waals surface area (Å²) in [5.74, 6) is -0.432. The van der Waals surface area contributed by atoms with Crippen LogP contribution in [0.1, 0.15) is 23.2 Å². The van der Waals surface area contributed by atoms with Crippen LogP contribution < -0.4 is 11.1 Å². The Bertz CT molecular complexity index is 524. The summed E-state index contributed by atoms with van der Waals surface area (Å²) < 4.78 is 0. The van der Waals surface area contributed by atoms with E-state index < -0.39 is 10.8 Å². The van der Waals surface area contributed by atoms with Crippen LogP contribution in [0.15, 0.2) is 18.2 Å². The molecule has 1 aromatic rings. The molecule has 20 heavy (non-hydrogen) atoms. The van der Waals surface area contributed by atoms with E-state index in [-0.39, 0.29) is 17.3 Å². The molecule has 108 valence electrons. The largest absolute Gasteiger partial charge is 0.399 e. The molecule has 0 spiro atoms. The molecule has 1 aliphatic rings. The van der Waals surface area contributed by atoms with Crippen molar-refractivity contribution in [2.24, 2.45) is 0 Å². The molecule has 0 atom stereocenters. The van der Waals surface area contributed by atoms with Crippen LogP contribution in [0.2, 0.25) is 0 Å². The van der Waals surface area contributed by atoms with E-state index in [1.807, 2.05) is 7.05 Å². The summed E-state index contributed by atoms with van der Waals surface area (Å²) in [5, 5.41) is 13.8. The third-order valence-electron chi connectivity index (χ3n) is 3.52. The maximum atomic E-state index is 12.2. The highest BCUT2D eigenvalue weighted by Gasteiger charge is 2.24. The number of nitro benzene ring substituents is 1. The van der Waals surface area contributed by atoms with Crippen molar-refractivity contribution in [1.82, 2.24) is 10.2 Å². The number of likely N-dealkylation sites (tertiary alicyclic amines) is 1. The van der Waals surface area contributed by atoms with Gasteiger partial charge in [0.1, 0.15) is 5.56 Å². The summed E-state index contributed by atoms with van der Waals surface area (Å²) in [6.07, 6.45) is 1.69. The monoisotopic (exact) mass is 278 g/mol. The lowest BCUT2D eigenvalue weighted by Crippen LogP contribution is -2.43. The number of rotatable bonds is 3. The van der Waals surface area contributed by atoms with E-state index in [9.17, 15) is 14.9 Å². The van der Waals surface area contributed by atoms with Crippen molar-refractivity contribution in [2.75, 3.05) is 25.9 Å². The summed E-state index contributed by atoms with van der Waals surface area (Å²) in [7, 11) is 2.03. The van der Waals surface area contributed by atoms with Gasteiger partial charge in [0, 0.05) is 17.8 Å². The number of hydrogen-bond acceptors (Lipinski definition) is 5. The van der Waals surface area contributed by atoms with Crippen LogP contribution in [0, 0.1) is 10.1 Å². The van der Waals surface area contributed by atoms with Crippen molar-refractivity contribution in [2.45, 2.75) is 18.9 Å². The summed E-state index contributed by atoms with van der Waals surface area (Å²) in [5.41, 5.74) is 5.75. The molecule has 1 saturated heterocycles. The molecule has 1 aromatic carbocycles. The fourth-order valence-corrected chi connectivity index (χ4v) is 2.31. The van der Waals surface area contributed by atoms with Crippen LogP contribution in [0.5, 0.6) is 0 Å². The number of hydrogen-bond donors (Lipinski definition) is 2. The number of nitrogens with one attached hydrogen (secondary N) is 1. The fraction of sp³-hybridized carbons (Fsp3) is 0.462. The number of anilines is 1. The summed E-state index contributed by atoms with van der Waals surface area (Å²) >= 11 is 0. The van der Waals surface area contributed by atoms with Gasteiger partial charge in [-0.25, -0.2) is 0 Å². The van der Waals surface area contributed by atoms with Gasteiger partial charge in [0.25, 0.3) is 11.6 Å². The van der Waals surface area contributed by atoms with Crippen molar-refractivity contribution in [3.05, 3.63) is 33.9 Å². The number of amides is 1. The average Bonchev–Trinajstić information content (AvgIpc) is 2.41. The van der Waals surface area contributed by atoms with E-state index in [2.05, 4.69) is 10.2 Å². The third-order valence-corrected chi connectivity index (χ3v) is 3.52. The van der Waals surface area contributed by atoms with Crippen LogP contribution in [0.3, 0.4) is 0 Å². The number of nitro groups is 1. The zero-order valence-electron chi connectivity index (χ0n) is 11.3. The Morgan fingerprint density at radius 3 is 2.70 bits per heavy atom. The molecule has 0 radical (unpaired) electrons. The second kappa shape index (κ2) is 5.87. The first-order valence-corrected chi connectivity index (χ1v) is 6.50. The highest BCUT2D eigenvalue weighted by Crippen LogP contribution is 2.21. The highest BCUT2D eigenvalue weighted by atomic mass is 16.6. The van der Waals surface area contributed by atoms with Gasteiger partial charge >= 0.3 is 0 Å². The van der Waals surface area contributed by atoms with E-state index >= 15 is 0 Å². The van der Waals surface area contributed by atoms with Crippen molar-refractivity contribution >= 4 is 17.3 Å². The minimum absolute atomic E-state index is 0.0222. The summed E-state index contributed by atoms with van der Waals surface area (Å²) in [6.45, 7) is 1.81. The first kappa shape index (κ1) is 14.3. The molecule has 1 heterocycles. The Morgan fingerprint density at radius 2 is 2.10 bits per heavy atom.